The van der Waals surface area contributed by atoms with Gasteiger partial charge in [0.05, 0.1) is 0 Å². The second kappa shape index (κ2) is 7.31. The lowest BCUT2D eigenvalue weighted by atomic mass is 9.83. The Morgan fingerprint density at radius 1 is 0.840 bits per heavy atom. The number of hydrogen-bond acceptors (Lipinski definition) is 2. The van der Waals surface area contributed by atoms with Crippen LogP contribution in [0.15, 0.2) is 54.6 Å². The Balaban J connectivity index is 1.58. The van der Waals surface area contributed by atoms with E-state index in [0.717, 1.165) is 30.0 Å². The van der Waals surface area contributed by atoms with Crippen molar-refractivity contribution in [2.75, 3.05) is 19.6 Å². The molecule has 1 N–H and O–H groups in total. The van der Waals surface area contributed by atoms with Gasteiger partial charge in [0.15, 0.2) is 0 Å². The van der Waals surface area contributed by atoms with Crippen molar-refractivity contribution in [2.24, 2.45) is 0 Å². The number of piperidine rings is 1. The Morgan fingerprint density at radius 3 is 2.12 bits per heavy atom. The molecule has 132 valence electrons. The molecule has 2 aromatic rings. The van der Waals surface area contributed by atoms with Crippen LogP contribution in [0, 0.1) is 0 Å². The van der Waals surface area contributed by atoms with Crippen LogP contribution in [0.3, 0.4) is 0 Å². The summed E-state index contributed by atoms with van der Waals surface area (Å²) < 4.78 is 0. The molecule has 2 aliphatic rings. The van der Waals surface area contributed by atoms with Gasteiger partial charge in [0, 0.05) is 6.54 Å². The molecule has 1 saturated heterocycles. The van der Waals surface area contributed by atoms with Crippen LogP contribution in [0.2, 0.25) is 0 Å². The van der Waals surface area contributed by atoms with E-state index in [9.17, 15) is 5.11 Å². The van der Waals surface area contributed by atoms with Gasteiger partial charge >= 0.3 is 0 Å². The van der Waals surface area contributed by atoms with Crippen LogP contribution in [0.25, 0.3) is 0 Å². The van der Waals surface area contributed by atoms with Gasteiger partial charge in [-0.15, -0.1) is 0 Å². The number of benzene rings is 2. The first-order valence-electron chi connectivity index (χ1n) is 9.86. The third kappa shape index (κ3) is 3.80. The first-order chi connectivity index (χ1) is 12.3. The minimum atomic E-state index is -0.902. The monoisotopic (exact) mass is 335 g/mol. The largest absolute Gasteiger partial charge is 0.380 e. The summed E-state index contributed by atoms with van der Waals surface area (Å²) in [4.78, 5) is 2.51. The SMILES string of the molecule is O[C@@](CCN1CCCCC1)(c1ccccc1)c1ccc(C2CC2)cc1. The van der Waals surface area contributed by atoms with E-state index in [-0.39, 0.29) is 0 Å². The zero-order chi connectivity index (χ0) is 17.1. The first-order valence-corrected chi connectivity index (χ1v) is 9.86. The van der Waals surface area contributed by atoms with Crippen LogP contribution < -0.4 is 0 Å². The van der Waals surface area contributed by atoms with Gasteiger partial charge in [-0.1, -0.05) is 61.0 Å². The van der Waals surface area contributed by atoms with E-state index < -0.39 is 5.60 Å². The lowest BCUT2D eigenvalue weighted by Gasteiger charge is -2.34. The summed E-state index contributed by atoms with van der Waals surface area (Å²) in [6.07, 6.45) is 7.32. The number of likely N-dealkylation sites (tertiary alicyclic amines) is 1. The van der Waals surface area contributed by atoms with Gasteiger partial charge in [-0.2, -0.15) is 0 Å². The lowest BCUT2D eigenvalue weighted by Crippen LogP contribution is -2.36. The number of aliphatic hydroxyl groups is 1. The Kier molecular flexibility index (Phi) is 4.91. The molecule has 0 aromatic heterocycles. The highest BCUT2D eigenvalue weighted by atomic mass is 16.3. The number of rotatable bonds is 6. The van der Waals surface area contributed by atoms with Gasteiger partial charge in [-0.25, -0.2) is 0 Å². The minimum Gasteiger partial charge on any atom is -0.380 e. The average Bonchev–Trinajstić information content (AvgIpc) is 3.53. The van der Waals surface area contributed by atoms with Crippen molar-refractivity contribution in [2.45, 2.75) is 50.0 Å². The predicted octanol–water partition coefficient (Wildman–Crippen LogP) is 4.68. The summed E-state index contributed by atoms with van der Waals surface area (Å²) in [5, 5.41) is 11.7. The van der Waals surface area contributed by atoms with Gasteiger partial charge in [-0.05, 0) is 67.8 Å². The fraction of sp³-hybridized carbons (Fsp3) is 0.478. The van der Waals surface area contributed by atoms with Crippen molar-refractivity contribution in [3.63, 3.8) is 0 Å². The zero-order valence-corrected chi connectivity index (χ0v) is 15.0. The summed E-state index contributed by atoms with van der Waals surface area (Å²) in [5.41, 5.74) is 2.56. The normalized spacial score (nSPS) is 21.0. The van der Waals surface area contributed by atoms with Crippen LogP contribution in [-0.4, -0.2) is 29.6 Å². The lowest BCUT2D eigenvalue weighted by molar-refractivity contribution is 0.0545. The maximum Gasteiger partial charge on any atom is 0.116 e. The van der Waals surface area contributed by atoms with Gasteiger partial charge in [0.2, 0.25) is 0 Å². The van der Waals surface area contributed by atoms with E-state index in [1.54, 1.807) is 0 Å². The highest BCUT2D eigenvalue weighted by Gasteiger charge is 2.32. The van der Waals surface area contributed by atoms with Crippen LogP contribution in [0.1, 0.15) is 61.1 Å². The van der Waals surface area contributed by atoms with Crippen molar-refractivity contribution in [1.82, 2.24) is 4.90 Å². The summed E-state index contributed by atoms with van der Waals surface area (Å²) in [7, 11) is 0. The Hall–Kier alpha value is -1.64. The Labute approximate surface area is 151 Å². The molecule has 1 aliphatic carbocycles. The van der Waals surface area contributed by atoms with Gasteiger partial charge in [-0.3, -0.25) is 0 Å². The molecule has 0 amide bonds. The van der Waals surface area contributed by atoms with Crippen molar-refractivity contribution >= 4 is 0 Å². The Bertz CT molecular complexity index is 671. The zero-order valence-electron chi connectivity index (χ0n) is 15.0. The number of nitrogens with zero attached hydrogens (tertiary/aromatic N) is 1. The minimum absolute atomic E-state index is 0.750. The maximum atomic E-state index is 11.7. The number of hydrogen-bond donors (Lipinski definition) is 1. The molecule has 0 bridgehead atoms. The fourth-order valence-electron chi connectivity index (χ4n) is 4.12. The summed E-state index contributed by atoms with van der Waals surface area (Å²) in [6, 6.07) is 18.9. The van der Waals surface area contributed by atoms with Gasteiger partial charge in [0.1, 0.15) is 5.60 Å². The van der Waals surface area contributed by atoms with Gasteiger partial charge in [0.25, 0.3) is 0 Å². The molecule has 2 nitrogen and oxygen atoms in total. The van der Waals surface area contributed by atoms with E-state index in [2.05, 4.69) is 41.3 Å². The second-order valence-electron chi connectivity index (χ2n) is 7.77. The van der Waals surface area contributed by atoms with E-state index in [1.807, 2.05) is 18.2 Å². The van der Waals surface area contributed by atoms with Crippen LogP contribution in [0.5, 0.6) is 0 Å². The van der Waals surface area contributed by atoms with Crippen molar-refractivity contribution < 1.29 is 5.11 Å². The second-order valence-corrected chi connectivity index (χ2v) is 7.77. The third-order valence-corrected chi connectivity index (χ3v) is 5.93. The summed E-state index contributed by atoms with van der Waals surface area (Å²) in [5.74, 6) is 0.757. The fourth-order valence-corrected chi connectivity index (χ4v) is 4.12. The molecule has 1 heterocycles. The van der Waals surface area contributed by atoms with E-state index >= 15 is 0 Å². The molecular formula is C23H29NO. The molecule has 2 aromatic carbocycles. The molecule has 1 saturated carbocycles. The van der Waals surface area contributed by atoms with Crippen molar-refractivity contribution in [3.8, 4) is 0 Å². The first kappa shape index (κ1) is 16.8. The van der Waals surface area contributed by atoms with E-state index in [4.69, 9.17) is 0 Å². The van der Waals surface area contributed by atoms with E-state index in [0.29, 0.717) is 0 Å². The third-order valence-electron chi connectivity index (χ3n) is 5.93. The van der Waals surface area contributed by atoms with Crippen LogP contribution in [0.4, 0.5) is 0 Å². The van der Waals surface area contributed by atoms with Crippen LogP contribution in [-0.2, 0) is 5.60 Å². The smallest absolute Gasteiger partial charge is 0.116 e. The van der Waals surface area contributed by atoms with Crippen molar-refractivity contribution in [3.05, 3.63) is 71.3 Å². The average molecular weight is 335 g/mol. The molecule has 0 spiro atoms. The highest BCUT2D eigenvalue weighted by molar-refractivity contribution is 5.38. The molecule has 0 unspecified atom stereocenters. The summed E-state index contributed by atoms with van der Waals surface area (Å²) in [6.45, 7) is 3.30. The highest BCUT2D eigenvalue weighted by Crippen LogP contribution is 2.41. The molecule has 25 heavy (non-hydrogen) atoms. The standard InChI is InChI=1S/C23H29NO/c25-23(21-7-3-1-4-8-21,15-18-24-16-5-2-6-17-24)22-13-11-20(12-14-22)19-9-10-19/h1,3-4,7-8,11-14,19,25H,2,5-6,9-10,15-18H2/t23-/m0/s1. The maximum absolute atomic E-state index is 11.7. The quantitative estimate of drug-likeness (QED) is 0.829. The predicted molar refractivity (Wildman–Crippen MR) is 103 cm³/mol. The van der Waals surface area contributed by atoms with Crippen molar-refractivity contribution in [1.29, 1.82) is 0 Å². The van der Waals surface area contributed by atoms with Crippen LogP contribution >= 0.6 is 0 Å². The van der Waals surface area contributed by atoms with Gasteiger partial charge < -0.3 is 10.0 Å². The van der Waals surface area contributed by atoms with E-state index in [1.165, 1.54) is 50.8 Å². The molecular weight excluding hydrogens is 306 g/mol. The molecule has 2 fully saturated rings. The molecule has 1 atom stereocenters. The molecule has 1 aliphatic heterocycles. The topological polar surface area (TPSA) is 23.5 Å². The molecule has 4 rings (SSSR count). The Morgan fingerprint density at radius 2 is 1.48 bits per heavy atom. The molecule has 0 radical (unpaired) electrons. The summed E-state index contributed by atoms with van der Waals surface area (Å²) >= 11 is 0. The molecule has 2 heteroatoms.